The Morgan fingerprint density at radius 3 is 2.27 bits per heavy atom. The zero-order valence-corrected chi connectivity index (χ0v) is 9.20. The molecule has 0 amide bonds. The van der Waals surface area contributed by atoms with E-state index in [0.717, 1.165) is 10.5 Å². The second-order valence-electron chi connectivity index (χ2n) is 3.16. The van der Waals surface area contributed by atoms with Gasteiger partial charge in [-0.25, -0.2) is 0 Å². The van der Waals surface area contributed by atoms with Gasteiger partial charge in [0.1, 0.15) is 6.04 Å². The van der Waals surface area contributed by atoms with Crippen molar-refractivity contribution >= 4 is 17.7 Å². The fourth-order valence-electron chi connectivity index (χ4n) is 1.19. The van der Waals surface area contributed by atoms with Gasteiger partial charge in [0.2, 0.25) is 0 Å². The number of carboxylic acids is 1. The van der Waals surface area contributed by atoms with Crippen molar-refractivity contribution < 1.29 is 9.90 Å². The van der Waals surface area contributed by atoms with Crippen LogP contribution in [-0.2, 0) is 4.79 Å². The summed E-state index contributed by atoms with van der Waals surface area (Å²) in [6.45, 7) is 0. The Kier molecular flexibility index (Phi) is 4.14. The molecule has 1 rings (SSSR count). The van der Waals surface area contributed by atoms with Gasteiger partial charge in [0.15, 0.2) is 0 Å². The van der Waals surface area contributed by atoms with Crippen molar-refractivity contribution in [1.82, 2.24) is 0 Å². The number of hydrogen-bond donors (Lipinski definition) is 3. The Labute approximate surface area is 92.6 Å². The minimum Gasteiger partial charge on any atom is -0.480 e. The standard InChI is InChI=1S/C10H14N2O2S/c1-15-7-4-2-6(3-5-7)8(11)9(12)10(13)14/h2-5,8-9H,11-12H2,1H3,(H,13,14). The highest BCUT2D eigenvalue weighted by atomic mass is 32.2. The van der Waals surface area contributed by atoms with Gasteiger partial charge in [-0.05, 0) is 24.0 Å². The predicted molar refractivity (Wildman–Crippen MR) is 60.8 cm³/mol. The van der Waals surface area contributed by atoms with E-state index in [1.54, 1.807) is 23.9 Å². The fourth-order valence-corrected chi connectivity index (χ4v) is 1.60. The molecule has 4 nitrogen and oxygen atoms in total. The van der Waals surface area contributed by atoms with Crippen molar-refractivity contribution in [3.63, 3.8) is 0 Å². The molecule has 0 saturated heterocycles. The second kappa shape index (κ2) is 5.16. The number of carbonyl (C=O) groups is 1. The van der Waals surface area contributed by atoms with E-state index in [-0.39, 0.29) is 0 Å². The quantitative estimate of drug-likeness (QED) is 0.661. The highest BCUT2D eigenvalue weighted by molar-refractivity contribution is 7.98. The molecule has 5 N–H and O–H groups in total. The summed E-state index contributed by atoms with van der Waals surface area (Å²) in [4.78, 5) is 11.7. The molecule has 5 heteroatoms. The molecule has 0 heterocycles. The lowest BCUT2D eigenvalue weighted by atomic mass is 10.0. The van der Waals surface area contributed by atoms with Crippen molar-refractivity contribution in [2.45, 2.75) is 17.0 Å². The van der Waals surface area contributed by atoms with E-state index in [2.05, 4.69) is 0 Å². The molecule has 0 fully saturated rings. The zero-order valence-electron chi connectivity index (χ0n) is 8.38. The van der Waals surface area contributed by atoms with Crippen LogP contribution in [0.5, 0.6) is 0 Å². The number of benzene rings is 1. The summed E-state index contributed by atoms with van der Waals surface area (Å²) in [5, 5.41) is 8.71. The zero-order chi connectivity index (χ0) is 11.4. The van der Waals surface area contributed by atoms with E-state index < -0.39 is 18.1 Å². The summed E-state index contributed by atoms with van der Waals surface area (Å²) in [6, 6.07) is 5.67. The van der Waals surface area contributed by atoms with E-state index in [0.29, 0.717) is 0 Å². The third-order valence-corrected chi connectivity index (χ3v) is 2.92. The van der Waals surface area contributed by atoms with Crippen LogP contribution >= 0.6 is 11.8 Å². The van der Waals surface area contributed by atoms with Gasteiger partial charge in [0.05, 0.1) is 6.04 Å². The molecular weight excluding hydrogens is 212 g/mol. The van der Waals surface area contributed by atoms with Crippen molar-refractivity contribution in [2.24, 2.45) is 11.5 Å². The van der Waals surface area contributed by atoms with Crippen LogP contribution in [-0.4, -0.2) is 23.4 Å². The first-order chi connectivity index (χ1) is 7.06. The van der Waals surface area contributed by atoms with E-state index in [9.17, 15) is 4.79 Å². The van der Waals surface area contributed by atoms with Gasteiger partial charge in [0, 0.05) is 4.90 Å². The molecule has 2 unspecified atom stereocenters. The first kappa shape index (κ1) is 12.0. The van der Waals surface area contributed by atoms with Gasteiger partial charge < -0.3 is 16.6 Å². The molecule has 0 aliphatic rings. The van der Waals surface area contributed by atoms with E-state index in [4.69, 9.17) is 16.6 Å². The maximum atomic E-state index is 10.6. The molecule has 15 heavy (non-hydrogen) atoms. The summed E-state index contributed by atoms with van der Waals surface area (Å²) < 4.78 is 0. The average molecular weight is 226 g/mol. The molecule has 0 spiro atoms. The predicted octanol–water partition coefficient (Wildman–Crippen LogP) is 0.820. The molecule has 2 atom stereocenters. The number of aliphatic carboxylic acids is 1. The topological polar surface area (TPSA) is 89.3 Å². The smallest absolute Gasteiger partial charge is 0.322 e. The Morgan fingerprint density at radius 1 is 1.33 bits per heavy atom. The Bertz CT molecular complexity index is 340. The van der Waals surface area contributed by atoms with Gasteiger partial charge in [-0.3, -0.25) is 4.79 Å². The number of carboxylic acid groups (broad SMARTS) is 1. The number of nitrogens with two attached hydrogens (primary N) is 2. The van der Waals surface area contributed by atoms with Crippen LogP contribution in [0.1, 0.15) is 11.6 Å². The maximum Gasteiger partial charge on any atom is 0.322 e. The van der Waals surface area contributed by atoms with Crippen molar-refractivity contribution in [3.8, 4) is 0 Å². The Morgan fingerprint density at radius 2 is 1.87 bits per heavy atom. The largest absolute Gasteiger partial charge is 0.480 e. The molecule has 0 saturated carbocycles. The highest BCUT2D eigenvalue weighted by Gasteiger charge is 2.21. The van der Waals surface area contributed by atoms with Crippen molar-refractivity contribution in [1.29, 1.82) is 0 Å². The third-order valence-electron chi connectivity index (χ3n) is 2.17. The molecule has 0 aliphatic heterocycles. The Balaban J connectivity index is 2.82. The maximum absolute atomic E-state index is 10.6. The first-order valence-corrected chi connectivity index (χ1v) is 5.66. The van der Waals surface area contributed by atoms with Gasteiger partial charge in [-0.2, -0.15) is 0 Å². The molecule has 1 aromatic carbocycles. The van der Waals surface area contributed by atoms with Crippen LogP contribution < -0.4 is 11.5 Å². The minimum absolute atomic E-state index is 0.668. The number of hydrogen-bond acceptors (Lipinski definition) is 4. The molecule has 0 bridgehead atoms. The third kappa shape index (κ3) is 2.95. The van der Waals surface area contributed by atoms with E-state index >= 15 is 0 Å². The number of rotatable bonds is 4. The lowest BCUT2D eigenvalue weighted by Gasteiger charge is -2.16. The highest BCUT2D eigenvalue weighted by Crippen LogP contribution is 2.19. The normalized spacial score (nSPS) is 14.6. The van der Waals surface area contributed by atoms with Crippen LogP contribution in [0.15, 0.2) is 29.2 Å². The molecule has 1 aromatic rings. The van der Waals surface area contributed by atoms with Gasteiger partial charge >= 0.3 is 5.97 Å². The van der Waals surface area contributed by atoms with Crippen LogP contribution in [0, 0.1) is 0 Å². The lowest BCUT2D eigenvalue weighted by Crippen LogP contribution is -2.40. The lowest BCUT2D eigenvalue weighted by molar-refractivity contribution is -0.139. The first-order valence-electron chi connectivity index (χ1n) is 4.44. The summed E-state index contributed by atoms with van der Waals surface area (Å²) >= 11 is 1.62. The SMILES string of the molecule is CSc1ccc(C(N)C(N)C(=O)O)cc1. The summed E-state index contributed by atoms with van der Waals surface area (Å²) in [5.74, 6) is -1.09. The van der Waals surface area contributed by atoms with Gasteiger partial charge in [-0.1, -0.05) is 12.1 Å². The summed E-state index contributed by atoms with van der Waals surface area (Å²) in [6.07, 6.45) is 1.97. The summed E-state index contributed by atoms with van der Waals surface area (Å²) in [5.41, 5.74) is 11.9. The molecular formula is C10H14N2O2S. The van der Waals surface area contributed by atoms with Crippen LogP contribution in [0.25, 0.3) is 0 Å². The molecule has 0 aromatic heterocycles. The van der Waals surface area contributed by atoms with Gasteiger partial charge in [-0.15, -0.1) is 11.8 Å². The second-order valence-corrected chi connectivity index (χ2v) is 4.04. The minimum atomic E-state index is -1.09. The van der Waals surface area contributed by atoms with Gasteiger partial charge in [0.25, 0.3) is 0 Å². The van der Waals surface area contributed by atoms with Crippen molar-refractivity contribution in [2.75, 3.05) is 6.26 Å². The van der Waals surface area contributed by atoms with E-state index in [1.165, 1.54) is 0 Å². The monoisotopic (exact) mass is 226 g/mol. The molecule has 82 valence electrons. The molecule has 0 radical (unpaired) electrons. The average Bonchev–Trinajstić information content (AvgIpc) is 2.27. The van der Waals surface area contributed by atoms with Crippen LogP contribution in [0.2, 0.25) is 0 Å². The fraction of sp³-hybridized carbons (Fsp3) is 0.300. The number of thioether (sulfide) groups is 1. The van der Waals surface area contributed by atoms with E-state index in [1.807, 2.05) is 18.4 Å². The summed E-state index contributed by atoms with van der Waals surface area (Å²) in [7, 11) is 0. The van der Waals surface area contributed by atoms with Crippen LogP contribution in [0.3, 0.4) is 0 Å². The molecule has 0 aliphatic carbocycles. The van der Waals surface area contributed by atoms with Crippen molar-refractivity contribution in [3.05, 3.63) is 29.8 Å². The van der Waals surface area contributed by atoms with Crippen LogP contribution in [0.4, 0.5) is 0 Å². The Hall–Kier alpha value is -1.04.